The minimum atomic E-state index is -0.868. The summed E-state index contributed by atoms with van der Waals surface area (Å²) in [5, 5.41) is 18.3. The number of rotatable bonds is 4. The van der Waals surface area contributed by atoms with Gasteiger partial charge in [0, 0.05) is 26.6 Å². The minimum Gasteiger partial charge on any atom is -0.394 e. The largest absolute Gasteiger partial charge is 0.394 e. The highest BCUT2D eigenvalue weighted by molar-refractivity contribution is 5.90. The quantitative estimate of drug-likeness (QED) is 0.657. The SMILES string of the molecule is CC(=O)C(F)=CN(C)C1CC(O)C(CO)O1. The molecule has 1 fully saturated rings. The summed E-state index contributed by atoms with van der Waals surface area (Å²) in [5.74, 6) is -1.53. The Bertz CT molecular complexity index is 295. The molecular weight excluding hydrogens is 217 g/mol. The Morgan fingerprint density at radius 1 is 1.69 bits per heavy atom. The summed E-state index contributed by atoms with van der Waals surface area (Å²) in [4.78, 5) is 12.0. The maximum absolute atomic E-state index is 13.0. The second-order valence-electron chi connectivity index (χ2n) is 3.81. The lowest BCUT2D eigenvalue weighted by Crippen LogP contribution is -2.28. The predicted octanol–water partition coefficient (Wildman–Crippen LogP) is -0.214. The van der Waals surface area contributed by atoms with Crippen molar-refractivity contribution in [2.45, 2.75) is 31.8 Å². The summed E-state index contributed by atoms with van der Waals surface area (Å²) in [6.45, 7) is 0.838. The van der Waals surface area contributed by atoms with Crippen LogP contribution in [0.3, 0.4) is 0 Å². The number of hydrogen-bond donors (Lipinski definition) is 2. The van der Waals surface area contributed by atoms with Crippen molar-refractivity contribution in [1.82, 2.24) is 4.90 Å². The third-order valence-electron chi connectivity index (χ3n) is 2.49. The van der Waals surface area contributed by atoms with E-state index >= 15 is 0 Å². The number of Topliss-reactive ketones (excluding diaryl/α,β-unsaturated/α-hetero) is 1. The molecule has 1 heterocycles. The van der Waals surface area contributed by atoms with E-state index < -0.39 is 30.0 Å². The van der Waals surface area contributed by atoms with Gasteiger partial charge in [0.2, 0.25) is 0 Å². The molecule has 6 heteroatoms. The summed E-state index contributed by atoms with van der Waals surface area (Å²) in [6.07, 6.45) is -0.659. The number of ketones is 1. The lowest BCUT2D eigenvalue weighted by atomic mass is 10.2. The van der Waals surface area contributed by atoms with Crippen LogP contribution in [0.2, 0.25) is 0 Å². The van der Waals surface area contributed by atoms with Gasteiger partial charge in [0.25, 0.3) is 0 Å². The van der Waals surface area contributed by atoms with Crippen molar-refractivity contribution in [2.24, 2.45) is 0 Å². The highest BCUT2D eigenvalue weighted by atomic mass is 19.1. The summed E-state index contributed by atoms with van der Waals surface area (Å²) >= 11 is 0. The van der Waals surface area contributed by atoms with Gasteiger partial charge in [0.15, 0.2) is 11.6 Å². The number of aliphatic hydroxyl groups is 2. The van der Waals surface area contributed by atoms with Gasteiger partial charge < -0.3 is 19.8 Å². The Labute approximate surface area is 93.1 Å². The smallest absolute Gasteiger partial charge is 0.189 e. The average molecular weight is 233 g/mol. The lowest BCUT2D eigenvalue weighted by Gasteiger charge is -2.22. The van der Waals surface area contributed by atoms with Gasteiger partial charge >= 0.3 is 0 Å². The maximum atomic E-state index is 13.0. The number of nitrogens with zero attached hydrogens (tertiary/aromatic N) is 1. The zero-order chi connectivity index (χ0) is 12.3. The molecule has 0 saturated carbocycles. The first-order valence-corrected chi connectivity index (χ1v) is 5.00. The maximum Gasteiger partial charge on any atom is 0.189 e. The summed E-state index contributed by atoms with van der Waals surface area (Å²) in [6, 6.07) is 0. The molecule has 0 aromatic carbocycles. The van der Waals surface area contributed by atoms with Gasteiger partial charge in [-0.25, -0.2) is 4.39 Å². The van der Waals surface area contributed by atoms with E-state index in [9.17, 15) is 14.3 Å². The number of ether oxygens (including phenoxy) is 1. The van der Waals surface area contributed by atoms with Crippen molar-refractivity contribution in [3.63, 3.8) is 0 Å². The second kappa shape index (κ2) is 5.38. The van der Waals surface area contributed by atoms with Gasteiger partial charge in [-0.1, -0.05) is 0 Å². The van der Waals surface area contributed by atoms with Crippen LogP contribution in [0.4, 0.5) is 4.39 Å². The van der Waals surface area contributed by atoms with E-state index in [2.05, 4.69) is 0 Å². The Hall–Kier alpha value is -0.980. The molecule has 3 atom stereocenters. The predicted molar refractivity (Wildman–Crippen MR) is 54.0 cm³/mol. The molecule has 0 aromatic rings. The van der Waals surface area contributed by atoms with E-state index in [1.54, 1.807) is 7.05 Å². The third kappa shape index (κ3) is 3.01. The van der Waals surface area contributed by atoms with Crippen LogP contribution in [0.25, 0.3) is 0 Å². The molecule has 92 valence electrons. The van der Waals surface area contributed by atoms with Crippen LogP contribution in [0, 0.1) is 0 Å². The lowest BCUT2D eigenvalue weighted by molar-refractivity contribution is -0.115. The summed E-state index contributed by atoms with van der Waals surface area (Å²) in [5.41, 5.74) is 0. The molecule has 0 bridgehead atoms. The van der Waals surface area contributed by atoms with Crippen molar-refractivity contribution in [3.8, 4) is 0 Å². The average Bonchev–Trinajstić information content (AvgIpc) is 2.59. The van der Waals surface area contributed by atoms with E-state index in [1.807, 2.05) is 0 Å². The van der Waals surface area contributed by atoms with Gasteiger partial charge in [-0.2, -0.15) is 0 Å². The monoisotopic (exact) mass is 233 g/mol. The number of halogens is 1. The van der Waals surface area contributed by atoms with E-state index in [0.717, 1.165) is 13.1 Å². The normalized spacial score (nSPS) is 30.6. The van der Waals surface area contributed by atoms with Gasteiger partial charge in [-0.15, -0.1) is 0 Å². The number of carbonyl (C=O) groups is 1. The standard InChI is InChI=1S/C10H16FNO4/c1-6(14)7(11)4-12(2)10-3-8(15)9(5-13)16-10/h4,8-10,13,15H,3,5H2,1-2H3. The molecule has 3 unspecified atom stereocenters. The van der Waals surface area contributed by atoms with Crippen LogP contribution in [0.1, 0.15) is 13.3 Å². The van der Waals surface area contributed by atoms with Crippen LogP contribution in [0.5, 0.6) is 0 Å². The van der Waals surface area contributed by atoms with Crippen molar-refractivity contribution in [1.29, 1.82) is 0 Å². The zero-order valence-electron chi connectivity index (χ0n) is 9.26. The minimum absolute atomic E-state index is 0.267. The molecule has 0 amide bonds. The van der Waals surface area contributed by atoms with Gasteiger partial charge in [0.05, 0.1) is 12.7 Å². The fourth-order valence-electron chi connectivity index (χ4n) is 1.49. The number of aliphatic hydroxyl groups excluding tert-OH is 2. The summed E-state index contributed by atoms with van der Waals surface area (Å²) in [7, 11) is 1.54. The van der Waals surface area contributed by atoms with Crippen LogP contribution in [0.15, 0.2) is 12.0 Å². The molecule has 0 radical (unpaired) electrons. The van der Waals surface area contributed by atoms with Gasteiger partial charge in [0.1, 0.15) is 12.3 Å². The van der Waals surface area contributed by atoms with E-state index in [1.165, 1.54) is 4.90 Å². The van der Waals surface area contributed by atoms with Gasteiger partial charge in [-0.05, 0) is 0 Å². The molecule has 1 rings (SSSR count). The third-order valence-corrected chi connectivity index (χ3v) is 2.49. The molecule has 2 N–H and O–H groups in total. The van der Waals surface area contributed by atoms with Crippen molar-refractivity contribution in [3.05, 3.63) is 12.0 Å². The molecule has 16 heavy (non-hydrogen) atoms. The van der Waals surface area contributed by atoms with E-state index in [0.29, 0.717) is 0 Å². The van der Waals surface area contributed by atoms with Crippen molar-refractivity contribution in [2.75, 3.05) is 13.7 Å². The zero-order valence-corrected chi connectivity index (χ0v) is 9.26. The Morgan fingerprint density at radius 3 is 2.75 bits per heavy atom. The number of carbonyl (C=O) groups excluding carboxylic acids is 1. The summed E-state index contributed by atoms with van der Waals surface area (Å²) < 4.78 is 18.3. The van der Waals surface area contributed by atoms with E-state index in [4.69, 9.17) is 9.84 Å². The Kier molecular flexibility index (Phi) is 4.40. The fourth-order valence-corrected chi connectivity index (χ4v) is 1.49. The van der Waals surface area contributed by atoms with Crippen LogP contribution in [-0.4, -0.2) is 53.0 Å². The molecule has 0 spiro atoms. The first-order valence-electron chi connectivity index (χ1n) is 5.00. The molecule has 1 aliphatic rings. The first kappa shape index (κ1) is 13.1. The highest BCUT2D eigenvalue weighted by Gasteiger charge is 2.35. The van der Waals surface area contributed by atoms with Crippen LogP contribution >= 0.6 is 0 Å². The molecule has 0 aliphatic carbocycles. The van der Waals surface area contributed by atoms with E-state index in [-0.39, 0.29) is 13.0 Å². The van der Waals surface area contributed by atoms with Gasteiger partial charge in [-0.3, -0.25) is 4.79 Å². The first-order chi connectivity index (χ1) is 7.45. The molecule has 5 nitrogen and oxygen atoms in total. The van der Waals surface area contributed by atoms with Crippen LogP contribution in [-0.2, 0) is 9.53 Å². The molecule has 1 aliphatic heterocycles. The number of hydrogen-bond acceptors (Lipinski definition) is 5. The van der Waals surface area contributed by atoms with Crippen molar-refractivity contribution < 1.29 is 24.1 Å². The Morgan fingerprint density at radius 2 is 2.31 bits per heavy atom. The van der Waals surface area contributed by atoms with Crippen LogP contribution < -0.4 is 0 Å². The topological polar surface area (TPSA) is 70.0 Å². The number of allylic oxidation sites excluding steroid dienone is 1. The molecule has 1 saturated heterocycles. The second-order valence-corrected chi connectivity index (χ2v) is 3.81. The fraction of sp³-hybridized carbons (Fsp3) is 0.700. The highest BCUT2D eigenvalue weighted by Crippen LogP contribution is 2.22. The molecular formula is C10H16FNO4. The molecule has 0 aromatic heterocycles. The van der Waals surface area contributed by atoms with Crippen molar-refractivity contribution >= 4 is 5.78 Å². The Balaban J connectivity index is 2.60.